The largest absolute Gasteiger partial charge is 0.314 e. The standard InChI is InChI=1S/C10H23N/c1-6-10(8(2)3)7-11-9(4)5/h8-11H,6-7H2,1-5H3/t10-/m0/s1. The molecule has 1 heteroatoms. The van der Waals surface area contributed by atoms with E-state index in [9.17, 15) is 0 Å². The van der Waals surface area contributed by atoms with Crippen molar-refractivity contribution in [2.24, 2.45) is 11.8 Å². The lowest BCUT2D eigenvalue weighted by Crippen LogP contribution is -2.30. The highest BCUT2D eigenvalue weighted by Gasteiger charge is 2.10. The lowest BCUT2D eigenvalue weighted by Gasteiger charge is -2.20. The molecule has 0 unspecified atom stereocenters. The second-order valence-electron chi connectivity index (χ2n) is 3.98. The summed E-state index contributed by atoms with van der Waals surface area (Å²) in [4.78, 5) is 0. The molecule has 1 N–H and O–H groups in total. The topological polar surface area (TPSA) is 12.0 Å². The average Bonchev–Trinajstić information content (AvgIpc) is 1.87. The minimum absolute atomic E-state index is 0.628. The molecule has 0 aromatic rings. The minimum Gasteiger partial charge on any atom is -0.314 e. The Morgan fingerprint density at radius 2 is 1.64 bits per heavy atom. The molecule has 0 fully saturated rings. The molecule has 0 spiro atoms. The molecule has 0 bridgehead atoms. The van der Waals surface area contributed by atoms with Crippen LogP contribution in [-0.4, -0.2) is 12.6 Å². The van der Waals surface area contributed by atoms with Crippen molar-refractivity contribution >= 4 is 0 Å². The Morgan fingerprint density at radius 3 is 1.91 bits per heavy atom. The zero-order valence-electron chi connectivity index (χ0n) is 8.65. The van der Waals surface area contributed by atoms with Gasteiger partial charge in [0.25, 0.3) is 0 Å². The summed E-state index contributed by atoms with van der Waals surface area (Å²) in [6.07, 6.45) is 1.29. The van der Waals surface area contributed by atoms with Crippen molar-refractivity contribution in [2.45, 2.75) is 47.1 Å². The summed E-state index contributed by atoms with van der Waals surface area (Å²) in [6.45, 7) is 12.4. The molecule has 0 rings (SSSR count). The SMILES string of the molecule is CC[C@@H](CNC(C)C)C(C)C. The van der Waals surface area contributed by atoms with Crippen molar-refractivity contribution in [3.8, 4) is 0 Å². The van der Waals surface area contributed by atoms with Crippen LogP contribution < -0.4 is 5.32 Å². The van der Waals surface area contributed by atoms with E-state index in [4.69, 9.17) is 0 Å². The van der Waals surface area contributed by atoms with Gasteiger partial charge in [0.1, 0.15) is 0 Å². The van der Waals surface area contributed by atoms with Crippen LogP contribution in [0.5, 0.6) is 0 Å². The Kier molecular flexibility index (Phi) is 5.57. The van der Waals surface area contributed by atoms with E-state index in [0.717, 1.165) is 11.8 Å². The summed E-state index contributed by atoms with van der Waals surface area (Å²) in [6, 6.07) is 0.628. The number of hydrogen-bond donors (Lipinski definition) is 1. The first-order chi connectivity index (χ1) is 5.07. The van der Waals surface area contributed by atoms with Crippen LogP contribution in [0, 0.1) is 11.8 Å². The molecule has 1 nitrogen and oxygen atoms in total. The first kappa shape index (κ1) is 11.0. The molecule has 0 saturated heterocycles. The van der Waals surface area contributed by atoms with Crippen LogP contribution in [0.1, 0.15) is 41.0 Å². The molecule has 0 aliphatic heterocycles. The van der Waals surface area contributed by atoms with E-state index in [1.165, 1.54) is 13.0 Å². The zero-order valence-corrected chi connectivity index (χ0v) is 8.65. The predicted octanol–water partition coefficient (Wildman–Crippen LogP) is 2.67. The average molecular weight is 157 g/mol. The Labute approximate surface area is 71.6 Å². The summed E-state index contributed by atoms with van der Waals surface area (Å²) in [7, 11) is 0. The molecule has 68 valence electrons. The third-order valence-electron chi connectivity index (χ3n) is 2.26. The van der Waals surface area contributed by atoms with Crippen LogP contribution in [0.25, 0.3) is 0 Å². The van der Waals surface area contributed by atoms with E-state index < -0.39 is 0 Å². The highest BCUT2D eigenvalue weighted by molar-refractivity contribution is 4.65. The summed E-state index contributed by atoms with van der Waals surface area (Å²) >= 11 is 0. The Balaban J connectivity index is 3.52. The monoisotopic (exact) mass is 157 g/mol. The lowest BCUT2D eigenvalue weighted by atomic mass is 9.93. The number of rotatable bonds is 5. The maximum absolute atomic E-state index is 3.48. The quantitative estimate of drug-likeness (QED) is 0.647. The number of nitrogens with one attached hydrogen (secondary N) is 1. The zero-order chi connectivity index (χ0) is 8.85. The van der Waals surface area contributed by atoms with Gasteiger partial charge in [0.05, 0.1) is 0 Å². The molecule has 0 aromatic carbocycles. The highest BCUT2D eigenvalue weighted by Crippen LogP contribution is 2.13. The van der Waals surface area contributed by atoms with E-state index in [2.05, 4.69) is 39.9 Å². The normalized spacial score (nSPS) is 14.5. The van der Waals surface area contributed by atoms with Crippen LogP contribution in [-0.2, 0) is 0 Å². The van der Waals surface area contributed by atoms with Gasteiger partial charge >= 0.3 is 0 Å². The summed E-state index contributed by atoms with van der Waals surface area (Å²) in [5.41, 5.74) is 0. The molecule has 11 heavy (non-hydrogen) atoms. The first-order valence-corrected chi connectivity index (χ1v) is 4.81. The van der Waals surface area contributed by atoms with Crippen molar-refractivity contribution < 1.29 is 0 Å². The predicted molar refractivity (Wildman–Crippen MR) is 51.8 cm³/mol. The van der Waals surface area contributed by atoms with Gasteiger partial charge in [0.15, 0.2) is 0 Å². The molecule has 1 atom stereocenters. The van der Waals surface area contributed by atoms with Crippen LogP contribution in [0.15, 0.2) is 0 Å². The van der Waals surface area contributed by atoms with Crippen LogP contribution in [0.2, 0.25) is 0 Å². The fourth-order valence-electron chi connectivity index (χ4n) is 1.24. The van der Waals surface area contributed by atoms with E-state index in [1.54, 1.807) is 0 Å². The molecular formula is C10H23N. The van der Waals surface area contributed by atoms with Crippen LogP contribution in [0.3, 0.4) is 0 Å². The third kappa shape index (κ3) is 5.25. The fraction of sp³-hybridized carbons (Fsp3) is 1.00. The maximum Gasteiger partial charge on any atom is 0.00104 e. The van der Waals surface area contributed by atoms with E-state index in [1.807, 2.05) is 0 Å². The minimum atomic E-state index is 0.628. The summed E-state index contributed by atoms with van der Waals surface area (Å²) in [5.74, 6) is 1.66. The van der Waals surface area contributed by atoms with Gasteiger partial charge in [0, 0.05) is 6.04 Å². The molecule has 0 aromatic heterocycles. The van der Waals surface area contributed by atoms with Crippen molar-refractivity contribution in [3.63, 3.8) is 0 Å². The molecular weight excluding hydrogens is 134 g/mol. The van der Waals surface area contributed by atoms with Crippen LogP contribution >= 0.6 is 0 Å². The van der Waals surface area contributed by atoms with Crippen molar-refractivity contribution in [1.29, 1.82) is 0 Å². The molecule has 0 radical (unpaired) electrons. The van der Waals surface area contributed by atoms with E-state index in [-0.39, 0.29) is 0 Å². The first-order valence-electron chi connectivity index (χ1n) is 4.81. The number of hydrogen-bond acceptors (Lipinski definition) is 1. The smallest absolute Gasteiger partial charge is 0.00104 e. The Bertz CT molecular complexity index is 86.9. The van der Waals surface area contributed by atoms with Gasteiger partial charge in [-0.2, -0.15) is 0 Å². The van der Waals surface area contributed by atoms with Gasteiger partial charge in [0.2, 0.25) is 0 Å². The molecule has 0 saturated carbocycles. The van der Waals surface area contributed by atoms with Gasteiger partial charge in [-0.3, -0.25) is 0 Å². The second-order valence-corrected chi connectivity index (χ2v) is 3.98. The highest BCUT2D eigenvalue weighted by atomic mass is 14.9. The van der Waals surface area contributed by atoms with Gasteiger partial charge in [-0.1, -0.05) is 41.0 Å². The van der Waals surface area contributed by atoms with E-state index >= 15 is 0 Å². The summed E-state index contributed by atoms with van der Waals surface area (Å²) < 4.78 is 0. The lowest BCUT2D eigenvalue weighted by molar-refractivity contribution is 0.342. The second kappa shape index (κ2) is 5.59. The van der Waals surface area contributed by atoms with Gasteiger partial charge < -0.3 is 5.32 Å². The van der Waals surface area contributed by atoms with E-state index in [0.29, 0.717) is 6.04 Å². The van der Waals surface area contributed by atoms with Crippen molar-refractivity contribution in [1.82, 2.24) is 5.32 Å². The third-order valence-corrected chi connectivity index (χ3v) is 2.26. The molecule has 0 aliphatic carbocycles. The van der Waals surface area contributed by atoms with Crippen LogP contribution in [0.4, 0.5) is 0 Å². The molecule has 0 amide bonds. The van der Waals surface area contributed by atoms with Crippen molar-refractivity contribution in [2.75, 3.05) is 6.54 Å². The summed E-state index contributed by atoms with van der Waals surface area (Å²) in [5, 5.41) is 3.48. The Morgan fingerprint density at radius 1 is 1.09 bits per heavy atom. The maximum atomic E-state index is 3.48. The Hall–Kier alpha value is -0.0400. The van der Waals surface area contributed by atoms with Gasteiger partial charge in [-0.05, 0) is 18.4 Å². The molecule has 0 aliphatic rings. The molecule has 0 heterocycles. The van der Waals surface area contributed by atoms with Crippen molar-refractivity contribution in [3.05, 3.63) is 0 Å². The van der Waals surface area contributed by atoms with Gasteiger partial charge in [-0.15, -0.1) is 0 Å². The fourth-order valence-corrected chi connectivity index (χ4v) is 1.24. The van der Waals surface area contributed by atoms with Gasteiger partial charge in [-0.25, -0.2) is 0 Å².